The summed E-state index contributed by atoms with van der Waals surface area (Å²) in [5.41, 5.74) is 0.652. The summed E-state index contributed by atoms with van der Waals surface area (Å²) in [6.07, 6.45) is 0. The number of carbonyl (C=O) groups is 2. The van der Waals surface area contributed by atoms with Crippen LogP contribution in [0.4, 0.5) is 11.4 Å². The number of hydrogen-bond donors (Lipinski definition) is 1. The van der Waals surface area contributed by atoms with E-state index in [1.807, 2.05) is 57.1 Å². The fraction of sp³-hybridized carbons (Fsp3) is 0.529. The van der Waals surface area contributed by atoms with Crippen LogP contribution in [0.25, 0.3) is 0 Å². The minimum absolute atomic E-state index is 0.153. The Labute approximate surface area is 133 Å². The maximum absolute atomic E-state index is 12.5. The molecule has 122 valence electrons. The predicted octanol–water partition coefficient (Wildman–Crippen LogP) is 2.59. The molecule has 0 bridgehead atoms. The van der Waals surface area contributed by atoms with E-state index in [4.69, 9.17) is 0 Å². The smallest absolute Gasteiger partial charge is 0.239 e. The van der Waals surface area contributed by atoms with Gasteiger partial charge in [-0.2, -0.15) is 0 Å². The van der Waals surface area contributed by atoms with Gasteiger partial charge in [0.05, 0.1) is 0 Å². The summed E-state index contributed by atoms with van der Waals surface area (Å²) in [7, 11) is 3.92. The largest absolute Gasteiger partial charge is 0.378 e. The Morgan fingerprint density at radius 3 is 1.95 bits per heavy atom. The third-order valence-electron chi connectivity index (χ3n) is 3.79. The number of amides is 2. The van der Waals surface area contributed by atoms with Crippen molar-refractivity contribution in [1.29, 1.82) is 0 Å². The van der Waals surface area contributed by atoms with Crippen molar-refractivity contribution in [3.05, 3.63) is 24.3 Å². The zero-order valence-electron chi connectivity index (χ0n) is 14.4. The van der Waals surface area contributed by atoms with Gasteiger partial charge >= 0.3 is 0 Å². The van der Waals surface area contributed by atoms with E-state index in [-0.39, 0.29) is 11.8 Å². The highest BCUT2D eigenvalue weighted by molar-refractivity contribution is 6.09. The number of anilines is 2. The van der Waals surface area contributed by atoms with E-state index in [1.54, 1.807) is 18.7 Å². The molecule has 0 saturated carbocycles. The maximum Gasteiger partial charge on any atom is 0.239 e. The van der Waals surface area contributed by atoms with Crippen LogP contribution < -0.4 is 10.2 Å². The Hall–Kier alpha value is -2.04. The van der Waals surface area contributed by atoms with Gasteiger partial charge in [-0.1, -0.05) is 0 Å². The minimum Gasteiger partial charge on any atom is -0.378 e. The number of rotatable bonds is 6. The number of nitrogens with zero attached hydrogens (tertiary/aromatic N) is 2. The van der Waals surface area contributed by atoms with Gasteiger partial charge in [-0.05, 0) is 52.0 Å². The Kier molecular flexibility index (Phi) is 5.97. The summed E-state index contributed by atoms with van der Waals surface area (Å²) in [5.74, 6) is -0.443. The highest BCUT2D eigenvalue weighted by Gasteiger charge is 2.38. The normalized spacial score (nSPS) is 11.0. The summed E-state index contributed by atoms with van der Waals surface area (Å²) < 4.78 is 0. The average Bonchev–Trinajstić information content (AvgIpc) is 2.48. The Morgan fingerprint density at radius 1 is 1.05 bits per heavy atom. The van der Waals surface area contributed by atoms with E-state index >= 15 is 0 Å². The third-order valence-corrected chi connectivity index (χ3v) is 3.79. The van der Waals surface area contributed by atoms with Crippen molar-refractivity contribution < 1.29 is 9.59 Å². The number of nitrogens with one attached hydrogen (secondary N) is 1. The fourth-order valence-corrected chi connectivity index (χ4v) is 2.13. The van der Waals surface area contributed by atoms with Crippen LogP contribution in [0.1, 0.15) is 27.7 Å². The Balaban J connectivity index is 2.84. The molecule has 0 spiro atoms. The second-order valence-electron chi connectivity index (χ2n) is 6.00. The van der Waals surface area contributed by atoms with Gasteiger partial charge in [-0.3, -0.25) is 9.59 Å². The van der Waals surface area contributed by atoms with Gasteiger partial charge in [0.1, 0.15) is 5.41 Å². The van der Waals surface area contributed by atoms with Crippen molar-refractivity contribution in [3.8, 4) is 0 Å². The Morgan fingerprint density at radius 2 is 1.55 bits per heavy atom. The van der Waals surface area contributed by atoms with Gasteiger partial charge in [-0.15, -0.1) is 0 Å². The zero-order chi connectivity index (χ0) is 16.9. The molecule has 5 heteroatoms. The van der Waals surface area contributed by atoms with Gasteiger partial charge in [0.15, 0.2) is 0 Å². The number of hydrogen-bond acceptors (Lipinski definition) is 3. The maximum atomic E-state index is 12.5. The molecule has 0 heterocycles. The lowest BCUT2D eigenvalue weighted by molar-refractivity contribution is -0.146. The van der Waals surface area contributed by atoms with E-state index in [0.29, 0.717) is 18.8 Å². The third kappa shape index (κ3) is 4.00. The molecule has 0 radical (unpaired) electrons. The van der Waals surface area contributed by atoms with E-state index in [1.165, 1.54) is 0 Å². The molecule has 0 unspecified atom stereocenters. The van der Waals surface area contributed by atoms with Crippen LogP contribution in [-0.4, -0.2) is 43.9 Å². The molecule has 0 aromatic heterocycles. The summed E-state index contributed by atoms with van der Waals surface area (Å²) in [5, 5.41) is 2.83. The highest BCUT2D eigenvalue weighted by atomic mass is 16.2. The van der Waals surface area contributed by atoms with E-state index < -0.39 is 5.41 Å². The Bertz CT molecular complexity index is 517. The fourth-order valence-electron chi connectivity index (χ4n) is 2.13. The molecule has 0 atom stereocenters. The number of carbonyl (C=O) groups excluding carboxylic acids is 2. The van der Waals surface area contributed by atoms with Gasteiger partial charge in [0.2, 0.25) is 11.8 Å². The van der Waals surface area contributed by atoms with Crippen LogP contribution in [0.15, 0.2) is 24.3 Å². The van der Waals surface area contributed by atoms with Crippen molar-refractivity contribution in [2.24, 2.45) is 5.41 Å². The second-order valence-corrected chi connectivity index (χ2v) is 6.00. The first-order valence-corrected chi connectivity index (χ1v) is 7.62. The molecule has 5 nitrogen and oxygen atoms in total. The standard InChI is InChI=1S/C17H27N3O2/c1-7-20(8-2)16(22)17(3,4)15(21)18-13-9-11-14(12-10-13)19(5)6/h9-12H,7-8H2,1-6H3,(H,18,21). The van der Waals surface area contributed by atoms with Crippen molar-refractivity contribution in [2.75, 3.05) is 37.4 Å². The molecular formula is C17H27N3O2. The molecule has 0 saturated heterocycles. The van der Waals surface area contributed by atoms with Gasteiger partial charge in [-0.25, -0.2) is 0 Å². The molecule has 1 rings (SSSR count). The molecule has 1 aromatic carbocycles. The summed E-state index contributed by atoms with van der Waals surface area (Å²) >= 11 is 0. The topological polar surface area (TPSA) is 52.7 Å². The zero-order valence-corrected chi connectivity index (χ0v) is 14.4. The summed E-state index contributed by atoms with van der Waals surface area (Å²) in [4.78, 5) is 28.6. The van der Waals surface area contributed by atoms with E-state index in [0.717, 1.165) is 5.69 Å². The van der Waals surface area contributed by atoms with Crippen molar-refractivity contribution in [2.45, 2.75) is 27.7 Å². The van der Waals surface area contributed by atoms with Crippen LogP contribution in [0.2, 0.25) is 0 Å². The lowest BCUT2D eigenvalue weighted by Crippen LogP contribution is -2.47. The first kappa shape index (κ1) is 18.0. The van der Waals surface area contributed by atoms with E-state index in [2.05, 4.69) is 5.32 Å². The SMILES string of the molecule is CCN(CC)C(=O)C(C)(C)C(=O)Nc1ccc(N(C)C)cc1. The van der Waals surface area contributed by atoms with Gasteiger partial charge in [0, 0.05) is 38.6 Å². The number of benzene rings is 1. The lowest BCUT2D eigenvalue weighted by atomic mass is 9.90. The highest BCUT2D eigenvalue weighted by Crippen LogP contribution is 2.23. The first-order chi connectivity index (χ1) is 10.2. The van der Waals surface area contributed by atoms with E-state index in [9.17, 15) is 9.59 Å². The van der Waals surface area contributed by atoms with Crippen molar-refractivity contribution >= 4 is 23.2 Å². The van der Waals surface area contributed by atoms with Gasteiger partial charge in [0.25, 0.3) is 0 Å². The quantitative estimate of drug-likeness (QED) is 0.822. The van der Waals surface area contributed by atoms with Crippen molar-refractivity contribution in [3.63, 3.8) is 0 Å². The summed E-state index contributed by atoms with van der Waals surface area (Å²) in [6.45, 7) is 8.35. The van der Waals surface area contributed by atoms with Crippen LogP contribution in [0.5, 0.6) is 0 Å². The predicted molar refractivity (Wildman–Crippen MR) is 91.1 cm³/mol. The van der Waals surface area contributed by atoms with Crippen molar-refractivity contribution in [1.82, 2.24) is 4.90 Å². The first-order valence-electron chi connectivity index (χ1n) is 7.62. The van der Waals surface area contributed by atoms with Gasteiger partial charge < -0.3 is 15.1 Å². The molecule has 0 aliphatic rings. The molecule has 0 aliphatic heterocycles. The molecule has 1 aromatic rings. The average molecular weight is 305 g/mol. The molecular weight excluding hydrogens is 278 g/mol. The monoisotopic (exact) mass is 305 g/mol. The lowest BCUT2D eigenvalue weighted by Gasteiger charge is -2.29. The molecule has 1 N–H and O–H groups in total. The molecule has 0 aliphatic carbocycles. The van der Waals surface area contributed by atoms with Crippen LogP contribution in [-0.2, 0) is 9.59 Å². The van der Waals surface area contributed by atoms with Crippen LogP contribution in [0, 0.1) is 5.41 Å². The molecule has 0 fully saturated rings. The molecule has 22 heavy (non-hydrogen) atoms. The van der Waals surface area contributed by atoms with Crippen LogP contribution in [0.3, 0.4) is 0 Å². The molecule has 2 amide bonds. The minimum atomic E-state index is -1.09. The van der Waals surface area contributed by atoms with Crippen LogP contribution >= 0.6 is 0 Å². The second kappa shape index (κ2) is 7.29. The summed E-state index contributed by atoms with van der Waals surface area (Å²) in [6, 6.07) is 7.53.